The fraction of sp³-hybridized carbons (Fsp3) is 0.545. The van der Waals surface area contributed by atoms with Crippen molar-refractivity contribution in [2.45, 2.75) is 25.0 Å². The predicted molar refractivity (Wildman–Crippen MR) is 54.0 cm³/mol. The third kappa shape index (κ3) is 2.10. The molecule has 16 heavy (non-hydrogen) atoms. The standard InChI is InChI=1S/C11H14O5/c1-14-11(13)9-5-4-8(16-9)10(12)7-3-2-6-15-7/h4-5,7,10,12H,2-3,6H2,1H3. The van der Waals surface area contributed by atoms with E-state index >= 15 is 0 Å². The Morgan fingerprint density at radius 3 is 3.06 bits per heavy atom. The van der Waals surface area contributed by atoms with Crippen LogP contribution in [0, 0.1) is 0 Å². The van der Waals surface area contributed by atoms with E-state index in [2.05, 4.69) is 4.74 Å². The number of methoxy groups -OCH3 is 1. The van der Waals surface area contributed by atoms with E-state index in [1.165, 1.54) is 13.2 Å². The van der Waals surface area contributed by atoms with E-state index in [0.29, 0.717) is 12.4 Å². The van der Waals surface area contributed by atoms with Crippen molar-refractivity contribution in [3.63, 3.8) is 0 Å². The van der Waals surface area contributed by atoms with Crippen LogP contribution in [0.25, 0.3) is 0 Å². The summed E-state index contributed by atoms with van der Waals surface area (Å²) in [6.45, 7) is 0.659. The maximum Gasteiger partial charge on any atom is 0.373 e. The van der Waals surface area contributed by atoms with Crippen molar-refractivity contribution in [3.05, 3.63) is 23.7 Å². The average molecular weight is 226 g/mol. The van der Waals surface area contributed by atoms with E-state index < -0.39 is 12.1 Å². The smallest absolute Gasteiger partial charge is 0.373 e. The van der Waals surface area contributed by atoms with Gasteiger partial charge >= 0.3 is 5.97 Å². The first kappa shape index (κ1) is 11.2. The summed E-state index contributed by atoms with van der Waals surface area (Å²) in [6.07, 6.45) is 0.680. The topological polar surface area (TPSA) is 68.9 Å². The maximum absolute atomic E-state index is 11.1. The van der Waals surface area contributed by atoms with Crippen LogP contribution in [0.4, 0.5) is 0 Å². The highest BCUT2D eigenvalue weighted by molar-refractivity contribution is 5.86. The maximum atomic E-state index is 11.1. The number of carbonyl (C=O) groups excluding carboxylic acids is 1. The molecular weight excluding hydrogens is 212 g/mol. The molecule has 88 valence electrons. The Labute approximate surface area is 93.0 Å². The second kappa shape index (κ2) is 4.67. The fourth-order valence-corrected chi connectivity index (χ4v) is 1.76. The zero-order valence-electron chi connectivity index (χ0n) is 9.01. The second-order valence-electron chi connectivity index (χ2n) is 3.69. The van der Waals surface area contributed by atoms with Crippen LogP contribution in [0.2, 0.25) is 0 Å². The van der Waals surface area contributed by atoms with Gasteiger partial charge in [-0.25, -0.2) is 4.79 Å². The predicted octanol–water partition coefficient (Wildman–Crippen LogP) is 1.28. The number of hydrogen-bond donors (Lipinski definition) is 1. The van der Waals surface area contributed by atoms with Crippen LogP contribution in [-0.4, -0.2) is 30.9 Å². The summed E-state index contributed by atoms with van der Waals surface area (Å²) < 4.78 is 15.1. The molecule has 0 saturated carbocycles. The molecule has 5 nitrogen and oxygen atoms in total. The van der Waals surface area contributed by atoms with Crippen molar-refractivity contribution in [1.82, 2.24) is 0 Å². The Kier molecular flexibility index (Phi) is 3.26. The molecule has 0 amide bonds. The Bertz CT molecular complexity index is 364. The van der Waals surface area contributed by atoms with Crippen molar-refractivity contribution in [3.8, 4) is 0 Å². The molecular formula is C11H14O5. The Balaban J connectivity index is 2.08. The number of carbonyl (C=O) groups is 1. The van der Waals surface area contributed by atoms with Gasteiger partial charge in [-0.15, -0.1) is 0 Å². The number of rotatable bonds is 3. The van der Waals surface area contributed by atoms with E-state index in [1.54, 1.807) is 6.07 Å². The van der Waals surface area contributed by atoms with Gasteiger partial charge < -0.3 is 19.0 Å². The lowest BCUT2D eigenvalue weighted by molar-refractivity contribution is -0.0138. The molecule has 1 aromatic heterocycles. The molecule has 1 N–H and O–H groups in total. The van der Waals surface area contributed by atoms with Crippen molar-refractivity contribution < 1.29 is 23.8 Å². The van der Waals surface area contributed by atoms with E-state index in [0.717, 1.165) is 12.8 Å². The van der Waals surface area contributed by atoms with Gasteiger partial charge in [-0.05, 0) is 25.0 Å². The van der Waals surface area contributed by atoms with Gasteiger partial charge in [0.1, 0.15) is 11.9 Å². The molecule has 0 aliphatic carbocycles. The van der Waals surface area contributed by atoms with E-state index in [-0.39, 0.29) is 11.9 Å². The van der Waals surface area contributed by atoms with Crippen LogP contribution in [0.3, 0.4) is 0 Å². The van der Waals surface area contributed by atoms with Gasteiger partial charge in [0.05, 0.1) is 13.2 Å². The summed E-state index contributed by atoms with van der Waals surface area (Å²) in [4.78, 5) is 11.1. The van der Waals surface area contributed by atoms with Gasteiger partial charge in [-0.1, -0.05) is 0 Å². The molecule has 1 aliphatic rings. The molecule has 1 aromatic rings. The van der Waals surface area contributed by atoms with Crippen LogP contribution in [0.1, 0.15) is 35.3 Å². The highest BCUT2D eigenvalue weighted by atomic mass is 16.5. The minimum atomic E-state index is -0.819. The quantitative estimate of drug-likeness (QED) is 0.786. The second-order valence-corrected chi connectivity index (χ2v) is 3.69. The minimum Gasteiger partial charge on any atom is -0.463 e. The molecule has 0 spiro atoms. The highest BCUT2D eigenvalue weighted by Gasteiger charge is 2.28. The summed E-state index contributed by atoms with van der Waals surface area (Å²) in [5.41, 5.74) is 0. The summed E-state index contributed by atoms with van der Waals surface area (Å²) in [5.74, 6) is -0.118. The van der Waals surface area contributed by atoms with Crippen LogP contribution >= 0.6 is 0 Å². The lowest BCUT2D eigenvalue weighted by Gasteiger charge is -2.14. The van der Waals surface area contributed by atoms with Crippen molar-refractivity contribution in [1.29, 1.82) is 0 Å². The SMILES string of the molecule is COC(=O)c1ccc(C(O)C2CCCO2)o1. The van der Waals surface area contributed by atoms with E-state index in [1.807, 2.05) is 0 Å². The Morgan fingerprint density at radius 1 is 1.62 bits per heavy atom. The number of hydrogen-bond acceptors (Lipinski definition) is 5. The minimum absolute atomic E-state index is 0.0922. The lowest BCUT2D eigenvalue weighted by Crippen LogP contribution is -2.16. The summed E-state index contributed by atoms with van der Waals surface area (Å²) in [6, 6.07) is 3.05. The van der Waals surface area contributed by atoms with Gasteiger partial charge in [0, 0.05) is 6.61 Å². The number of aliphatic hydroxyl groups is 1. The summed E-state index contributed by atoms with van der Waals surface area (Å²) >= 11 is 0. The average Bonchev–Trinajstić information content (AvgIpc) is 2.97. The van der Waals surface area contributed by atoms with Gasteiger partial charge in [0.2, 0.25) is 5.76 Å². The number of furan rings is 1. The third-order valence-electron chi connectivity index (χ3n) is 2.62. The van der Waals surface area contributed by atoms with Gasteiger partial charge in [-0.3, -0.25) is 0 Å². The van der Waals surface area contributed by atoms with Gasteiger partial charge in [-0.2, -0.15) is 0 Å². The highest BCUT2D eigenvalue weighted by Crippen LogP contribution is 2.27. The summed E-state index contributed by atoms with van der Waals surface area (Å²) in [5, 5.41) is 9.92. The van der Waals surface area contributed by atoms with Crippen molar-refractivity contribution >= 4 is 5.97 Å². The largest absolute Gasteiger partial charge is 0.463 e. The molecule has 2 heterocycles. The van der Waals surface area contributed by atoms with E-state index in [9.17, 15) is 9.90 Å². The van der Waals surface area contributed by atoms with Gasteiger partial charge in [0.25, 0.3) is 0 Å². The Morgan fingerprint density at radius 2 is 2.44 bits per heavy atom. The fourth-order valence-electron chi connectivity index (χ4n) is 1.76. The molecule has 0 bridgehead atoms. The third-order valence-corrected chi connectivity index (χ3v) is 2.62. The molecule has 1 aliphatic heterocycles. The molecule has 2 rings (SSSR count). The summed E-state index contributed by atoms with van der Waals surface area (Å²) in [7, 11) is 1.28. The molecule has 2 atom stereocenters. The number of esters is 1. The molecule has 2 unspecified atom stereocenters. The Hall–Kier alpha value is -1.33. The van der Waals surface area contributed by atoms with Crippen molar-refractivity contribution in [2.24, 2.45) is 0 Å². The lowest BCUT2D eigenvalue weighted by atomic mass is 10.1. The monoisotopic (exact) mass is 226 g/mol. The first-order valence-electron chi connectivity index (χ1n) is 5.20. The zero-order valence-corrected chi connectivity index (χ0v) is 9.01. The van der Waals surface area contributed by atoms with Gasteiger partial charge in [0.15, 0.2) is 0 Å². The molecule has 5 heteroatoms. The first-order valence-corrected chi connectivity index (χ1v) is 5.20. The van der Waals surface area contributed by atoms with Crippen LogP contribution in [0.15, 0.2) is 16.5 Å². The molecule has 1 saturated heterocycles. The van der Waals surface area contributed by atoms with Crippen LogP contribution in [-0.2, 0) is 9.47 Å². The van der Waals surface area contributed by atoms with Crippen LogP contribution < -0.4 is 0 Å². The molecule has 0 radical (unpaired) electrons. The van der Waals surface area contributed by atoms with E-state index in [4.69, 9.17) is 9.15 Å². The molecule has 1 fully saturated rings. The van der Waals surface area contributed by atoms with Crippen LogP contribution in [0.5, 0.6) is 0 Å². The first-order chi connectivity index (χ1) is 7.72. The molecule has 0 aromatic carbocycles. The number of aliphatic hydroxyl groups excluding tert-OH is 1. The zero-order chi connectivity index (χ0) is 11.5. The van der Waals surface area contributed by atoms with Crippen molar-refractivity contribution in [2.75, 3.05) is 13.7 Å². The number of ether oxygens (including phenoxy) is 2. The normalized spacial score (nSPS) is 22.0.